The summed E-state index contributed by atoms with van der Waals surface area (Å²) in [7, 11) is 0. The molecule has 1 atom stereocenters. The van der Waals surface area contributed by atoms with Crippen molar-refractivity contribution in [2.24, 2.45) is 5.73 Å². The molecule has 26 heavy (non-hydrogen) atoms. The molecule has 4 rings (SSSR count). The SMILES string of the molecule is NC(=O)c1ccc(N2CCN(CCC3C=Cc4ccccc43)CC2)cc1. The number of carbonyl (C=O) groups is 1. The van der Waals surface area contributed by atoms with E-state index in [1.807, 2.05) is 24.3 Å². The zero-order valence-electron chi connectivity index (χ0n) is 15.0. The lowest BCUT2D eigenvalue weighted by Gasteiger charge is -2.36. The van der Waals surface area contributed by atoms with Crippen LogP contribution in [0.5, 0.6) is 0 Å². The topological polar surface area (TPSA) is 49.6 Å². The largest absolute Gasteiger partial charge is 0.369 e. The Bertz CT molecular complexity index is 804. The first kappa shape index (κ1) is 16.9. The smallest absolute Gasteiger partial charge is 0.248 e. The third-order valence-corrected chi connectivity index (χ3v) is 5.55. The average Bonchev–Trinajstić information content (AvgIpc) is 3.10. The van der Waals surface area contributed by atoms with Crippen molar-refractivity contribution in [3.05, 3.63) is 71.3 Å². The number of carbonyl (C=O) groups excluding carboxylic acids is 1. The predicted octanol–water partition coefficient (Wildman–Crippen LogP) is 3.11. The fourth-order valence-corrected chi connectivity index (χ4v) is 3.96. The molecule has 2 aromatic rings. The van der Waals surface area contributed by atoms with E-state index in [-0.39, 0.29) is 5.91 Å². The Labute approximate surface area is 154 Å². The molecule has 0 aromatic heterocycles. The molecule has 1 aliphatic heterocycles. The summed E-state index contributed by atoms with van der Waals surface area (Å²) in [6.45, 7) is 5.34. The number of anilines is 1. The number of rotatable bonds is 5. The molecular formula is C22H25N3O. The zero-order chi connectivity index (χ0) is 17.9. The molecule has 134 valence electrons. The summed E-state index contributed by atoms with van der Waals surface area (Å²) in [5.74, 6) is 0.189. The van der Waals surface area contributed by atoms with Gasteiger partial charge in [-0.25, -0.2) is 0 Å². The van der Waals surface area contributed by atoms with Gasteiger partial charge in [0, 0.05) is 43.3 Å². The van der Waals surface area contributed by atoms with Crippen LogP contribution in [-0.4, -0.2) is 43.5 Å². The minimum absolute atomic E-state index is 0.371. The second kappa shape index (κ2) is 7.34. The van der Waals surface area contributed by atoms with Crippen LogP contribution in [-0.2, 0) is 0 Å². The van der Waals surface area contributed by atoms with E-state index in [4.69, 9.17) is 5.73 Å². The van der Waals surface area contributed by atoms with Crippen LogP contribution in [0, 0.1) is 0 Å². The van der Waals surface area contributed by atoms with Crippen LogP contribution in [0.4, 0.5) is 5.69 Å². The highest BCUT2D eigenvalue weighted by Gasteiger charge is 2.21. The van der Waals surface area contributed by atoms with Crippen molar-refractivity contribution in [1.82, 2.24) is 4.90 Å². The molecule has 4 heteroatoms. The molecule has 1 heterocycles. The van der Waals surface area contributed by atoms with E-state index in [9.17, 15) is 4.79 Å². The van der Waals surface area contributed by atoms with E-state index in [1.54, 1.807) is 0 Å². The van der Waals surface area contributed by atoms with Crippen LogP contribution in [0.15, 0.2) is 54.6 Å². The van der Waals surface area contributed by atoms with E-state index in [1.165, 1.54) is 23.2 Å². The fourth-order valence-electron chi connectivity index (χ4n) is 3.96. The fraction of sp³-hybridized carbons (Fsp3) is 0.318. The van der Waals surface area contributed by atoms with Gasteiger partial charge in [-0.1, -0.05) is 36.4 Å². The van der Waals surface area contributed by atoms with E-state index in [0.29, 0.717) is 11.5 Å². The minimum atomic E-state index is -0.371. The van der Waals surface area contributed by atoms with Crippen LogP contribution in [0.25, 0.3) is 6.08 Å². The van der Waals surface area contributed by atoms with Crippen molar-refractivity contribution in [3.63, 3.8) is 0 Å². The number of nitrogens with zero attached hydrogens (tertiary/aromatic N) is 2. The van der Waals surface area contributed by atoms with Crippen molar-refractivity contribution in [2.45, 2.75) is 12.3 Å². The van der Waals surface area contributed by atoms with Gasteiger partial charge < -0.3 is 10.6 Å². The molecule has 0 bridgehead atoms. The van der Waals surface area contributed by atoms with Crippen molar-refractivity contribution < 1.29 is 4.79 Å². The van der Waals surface area contributed by atoms with E-state index in [0.717, 1.165) is 32.7 Å². The summed E-state index contributed by atoms with van der Waals surface area (Å²) in [4.78, 5) is 16.1. The van der Waals surface area contributed by atoms with E-state index < -0.39 is 0 Å². The number of allylic oxidation sites excluding steroid dienone is 1. The van der Waals surface area contributed by atoms with Gasteiger partial charge in [-0.3, -0.25) is 9.69 Å². The van der Waals surface area contributed by atoms with Crippen molar-refractivity contribution in [1.29, 1.82) is 0 Å². The van der Waals surface area contributed by atoms with Crippen molar-refractivity contribution in [3.8, 4) is 0 Å². The van der Waals surface area contributed by atoms with Gasteiger partial charge in [0.05, 0.1) is 0 Å². The maximum atomic E-state index is 11.2. The quantitative estimate of drug-likeness (QED) is 0.904. The first-order chi connectivity index (χ1) is 12.7. The number of amides is 1. The third kappa shape index (κ3) is 3.51. The van der Waals surface area contributed by atoms with E-state index >= 15 is 0 Å². The van der Waals surface area contributed by atoms with Gasteiger partial charge >= 0.3 is 0 Å². The summed E-state index contributed by atoms with van der Waals surface area (Å²) in [6.07, 6.45) is 5.79. The van der Waals surface area contributed by atoms with Gasteiger partial charge in [0.15, 0.2) is 0 Å². The molecule has 4 nitrogen and oxygen atoms in total. The Morgan fingerprint density at radius 2 is 1.73 bits per heavy atom. The number of primary amides is 1. The molecular weight excluding hydrogens is 322 g/mol. The van der Waals surface area contributed by atoms with Gasteiger partial charge in [0.1, 0.15) is 0 Å². The highest BCUT2D eigenvalue weighted by molar-refractivity contribution is 5.93. The second-order valence-corrected chi connectivity index (χ2v) is 7.12. The normalized spacial score (nSPS) is 19.5. The maximum Gasteiger partial charge on any atom is 0.248 e. The molecule has 1 fully saturated rings. The molecule has 2 aliphatic rings. The number of benzene rings is 2. The van der Waals surface area contributed by atoms with Crippen LogP contribution < -0.4 is 10.6 Å². The number of nitrogens with two attached hydrogens (primary N) is 1. The first-order valence-electron chi connectivity index (χ1n) is 9.35. The lowest BCUT2D eigenvalue weighted by molar-refractivity contribution is 0.100. The summed E-state index contributed by atoms with van der Waals surface area (Å²) in [6, 6.07) is 16.3. The van der Waals surface area contributed by atoms with Crippen LogP contribution in [0.1, 0.15) is 33.8 Å². The molecule has 1 aliphatic carbocycles. The van der Waals surface area contributed by atoms with Gasteiger partial charge in [0.25, 0.3) is 0 Å². The van der Waals surface area contributed by atoms with E-state index in [2.05, 4.69) is 46.2 Å². The molecule has 0 radical (unpaired) electrons. The number of hydrogen-bond acceptors (Lipinski definition) is 3. The average molecular weight is 347 g/mol. The lowest BCUT2D eigenvalue weighted by Crippen LogP contribution is -2.46. The Kier molecular flexibility index (Phi) is 4.76. The standard InChI is InChI=1S/C22H25N3O/c23-22(26)19-7-9-20(10-8-19)25-15-13-24(14-16-25)12-11-18-6-5-17-3-1-2-4-21(17)18/h1-10,18H,11-16H2,(H2,23,26). The molecule has 1 amide bonds. The lowest BCUT2D eigenvalue weighted by atomic mass is 9.97. The summed E-state index contributed by atoms with van der Waals surface area (Å²) >= 11 is 0. The van der Waals surface area contributed by atoms with Crippen LogP contribution in [0.3, 0.4) is 0 Å². The second-order valence-electron chi connectivity index (χ2n) is 7.12. The zero-order valence-corrected chi connectivity index (χ0v) is 15.0. The van der Waals surface area contributed by atoms with Gasteiger partial charge in [0.2, 0.25) is 5.91 Å². The number of fused-ring (bicyclic) bond motifs is 1. The highest BCUT2D eigenvalue weighted by atomic mass is 16.1. The van der Waals surface area contributed by atoms with Gasteiger partial charge in [-0.05, 0) is 48.4 Å². The third-order valence-electron chi connectivity index (χ3n) is 5.55. The minimum Gasteiger partial charge on any atom is -0.369 e. The molecule has 2 N–H and O–H groups in total. The van der Waals surface area contributed by atoms with Crippen molar-refractivity contribution in [2.75, 3.05) is 37.6 Å². The Balaban J connectivity index is 1.28. The monoisotopic (exact) mass is 347 g/mol. The predicted molar refractivity (Wildman–Crippen MR) is 106 cm³/mol. The molecule has 1 unspecified atom stereocenters. The van der Waals surface area contributed by atoms with Crippen LogP contribution >= 0.6 is 0 Å². The first-order valence-corrected chi connectivity index (χ1v) is 9.35. The molecule has 1 saturated heterocycles. The Morgan fingerprint density at radius 1 is 1.00 bits per heavy atom. The van der Waals surface area contributed by atoms with Gasteiger partial charge in [-0.2, -0.15) is 0 Å². The summed E-state index contributed by atoms with van der Waals surface area (Å²) in [5.41, 5.74) is 9.90. The molecule has 0 saturated carbocycles. The van der Waals surface area contributed by atoms with Crippen LogP contribution in [0.2, 0.25) is 0 Å². The number of hydrogen-bond donors (Lipinski definition) is 1. The Hall–Kier alpha value is -2.59. The molecule has 0 spiro atoms. The summed E-state index contributed by atoms with van der Waals surface area (Å²) in [5, 5.41) is 0. The van der Waals surface area contributed by atoms with Crippen molar-refractivity contribution >= 4 is 17.7 Å². The maximum absolute atomic E-state index is 11.2. The highest BCUT2D eigenvalue weighted by Crippen LogP contribution is 2.32. The number of piperazine rings is 1. The molecule has 2 aromatic carbocycles. The Morgan fingerprint density at radius 3 is 2.46 bits per heavy atom. The summed E-state index contributed by atoms with van der Waals surface area (Å²) < 4.78 is 0. The van der Waals surface area contributed by atoms with Gasteiger partial charge in [-0.15, -0.1) is 0 Å².